The summed E-state index contributed by atoms with van der Waals surface area (Å²) in [5.41, 5.74) is 3.83. The Kier molecular flexibility index (Phi) is 4.44. The smallest absolute Gasteiger partial charge is 0.240 e. The molecule has 1 aromatic carbocycles. The highest BCUT2D eigenvalue weighted by Crippen LogP contribution is 2.30. The van der Waals surface area contributed by atoms with Crippen molar-refractivity contribution in [1.29, 1.82) is 0 Å². The molecule has 2 nitrogen and oxygen atoms in total. The van der Waals surface area contributed by atoms with Crippen LogP contribution < -0.4 is 4.90 Å². The van der Waals surface area contributed by atoms with Crippen LogP contribution in [0.5, 0.6) is 0 Å². The third-order valence-electron chi connectivity index (χ3n) is 3.46. The summed E-state index contributed by atoms with van der Waals surface area (Å²) in [5.74, 6) is 0.162. The molecule has 0 radical (unpaired) electrons. The van der Waals surface area contributed by atoms with E-state index in [1.165, 1.54) is 24.0 Å². The summed E-state index contributed by atoms with van der Waals surface area (Å²) in [7, 11) is 0. The molecule has 3 heteroatoms. The number of carbonyl (C=O) groups is 1. The van der Waals surface area contributed by atoms with Gasteiger partial charge in [0, 0.05) is 12.2 Å². The van der Waals surface area contributed by atoms with Crippen LogP contribution in [-0.2, 0) is 17.6 Å². The van der Waals surface area contributed by atoms with Gasteiger partial charge in [0.2, 0.25) is 5.91 Å². The molecule has 0 spiro atoms. The van der Waals surface area contributed by atoms with Crippen molar-refractivity contribution in [2.24, 2.45) is 0 Å². The fourth-order valence-electron chi connectivity index (χ4n) is 2.44. The van der Waals surface area contributed by atoms with E-state index in [4.69, 9.17) is 0 Å². The Hall–Kier alpha value is -0.830. The summed E-state index contributed by atoms with van der Waals surface area (Å²) in [6, 6.07) is 6.55. The van der Waals surface area contributed by atoms with Crippen molar-refractivity contribution in [3.8, 4) is 0 Å². The third-order valence-corrected chi connectivity index (χ3v) is 3.86. The van der Waals surface area contributed by atoms with Crippen molar-refractivity contribution in [1.82, 2.24) is 0 Å². The summed E-state index contributed by atoms with van der Waals surface area (Å²) in [5, 5.41) is 0. The summed E-state index contributed by atoms with van der Waals surface area (Å²) in [6.07, 6.45) is 4.59. The minimum Gasteiger partial charge on any atom is -0.311 e. The molecule has 0 fully saturated rings. The van der Waals surface area contributed by atoms with Gasteiger partial charge in [-0.15, -0.1) is 0 Å². The van der Waals surface area contributed by atoms with Crippen LogP contribution in [0, 0.1) is 0 Å². The molecule has 0 saturated heterocycles. The van der Waals surface area contributed by atoms with Gasteiger partial charge in [0.05, 0.1) is 4.83 Å². The lowest BCUT2D eigenvalue weighted by molar-refractivity contribution is -0.117. The highest BCUT2D eigenvalue weighted by atomic mass is 79.9. The largest absolute Gasteiger partial charge is 0.311 e. The topological polar surface area (TPSA) is 20.3 Å². The van der Waals surface area contributed by atoms with Crippen LogP contribution >= 0.6 is 15.9 Å². The van der Waals surface area contributed by atoms with Gasteiger partial charge < -0.3 is 4.90 Å². The highest BCUT2D eigenvalue weighted by molar-refractivity contribution is 9.10. The number of aryl methyl sites for hydroxylation is 1. The van der Waals surface area contributed by atoms with Crippen LogP contribution in [0.15, 0.2) is 18.2 Å². The first kappa shape index (κ1) is 13.6. The van der Waals surface area contributed by atoms with E-state index in [0.717, 1.165) is 25.1 Å². The summed E-state index contributed by atoms with van der Waals surface area (Å²) >= 11 is 3.36. The van der Waals surface area contributed by atoms with Crippen LogP contribution in [0.25, 0.3) is 0 Å². The molecule has 0 N–H and O–H groups in total. The zero-order valence-electron chi connectivity index (χ0n) is 11.1. The maximum Gasteiger partial charge on any atom is 0.240 e. The standard InChI is InChI=1S/C15H20BrNO/c1-3-4-5-12-6-7-14-13(10-12)8-9-17(14)15(18)11(2)16/h6-7,10-11H,3-5,8-9H2,1-2H3. The molecule has 1 heterocycles. The minimum atomic E-state index is -0.108. The lowest BCUT2D eigenvalue weighted by Gasteiger charge is -2.19. The SMILES string of the molecule is CCCCc1ccc2c(c1)CCN2C(=O)C(C)Br. The Morgan fingerprint density at radius 1 is 1.50 bits per heavy atom. The molecule has 0 bridgehead atoms. The summed E-state index contributed by atoms with van der Waals surface area (Å²) in [6.45, 7) is 4.92. The van der Waals surface area contributed by atoms with Crippen LogP contribution in [0.3, 0.4) is 0 Å². The van der Waals surface area contributed by atoms with Crippen LogP contribution in [0.2, 0.25) is 0 Å². The van der Waals surface area contributed by atoms with Crippen molar-refractivity contribution in [3.63, 3.8) is 0 Å². The van der Waals surface area contributed by atoms with E-state index in [0.29, 0.717) is 0 Å². The predicted molar refractivity (Wildman–Crippen MR) is 79.5 cm³/mol. The number of rotatable bonds is 4. The van der Waals surface area contributed by atoms with Crippen molar-refractivity contribution in [3.05, 3.63) is 29.3 Å². The second kappa shape index (κ2) is 5.87. The van der Waals surface area contributed by atoms with Gasteiger partial charge in [0.15, 0.2) is 0 Å². The van der Waals surface area contributed by atoms with E-state index in [-0.39, 0.29) is 10.7 Å². The molecule has 0 saturated carbocycles. The lowest BCUT2D eigenvalue weighted by Crippen LogP contribution is -2.33. The number of hydrogen-bond donors (Lipinski definition) is 0. The Labute approximate surface area is 117 Å². The number of amides is 1. The minimum absolute atomic E-state index is 0.108. The van der Waals surface area contributed by atoms with Gasteiger partial charge in [-0.3, -0.25) is 4.79 Å². The number of anilines is 1. The number of fused-ring (bicyclic) bond motifs is 1. The van der Waals surface area contributed by atoms with E-state index < -0.39 is 0 Å². The molecule has 0 aliphatic carbocycles. The van der Waals surface area contributed by atoms with Crippen LogP contribution in [-0.4, -0.2) is 17.3 Å². The van der Waals surface area contributed by atoms with E-state index in [1.807, 2.05) is 11.8 Å². The average molecular weight is 310 g/mol. The Morgan fingerprint density at radius 2 is 2.28 bits per heavy atom. The van der Waals surface area contributed by atoms with Gasteiger partial charge in [0.1, 0.15) is 0 Å². The van der Waals surface area contributed by atoms with Gasteiger partial charge in [-0.1, -0.05) is 41.4 Å². The molecule has 1 aromatic rings. The molecule has 1 aliphatic rings. The molecular formula is C15H20BrNO. The maximum atomic E-state index is 12.0. The molecule has 1 atom stereocenters. The highest BCUT2D eigenvalue weighted by Gasteiger charge is 2.26. The number of halogens is 1. The Morgan fingerprint density at radius 3 is 2.94 bits per heavy atom. The Bertz CT molecular complexity index is 442. The summed E-state index contributed by atoms with van der Waals surface area (Å²) in [4.78, 5) is 13.8. The van der Waals surface area contributed by atoms with Gasteiger partial charge in [-0.2, -0.15) is 0 Å². The number of nitrogens with zero attached hydrogens (tertiary/aromatic N) is 1. The van der Waals surface area contributed by atoms with E-state index in [1.54, 1.807) is 0 Å². The van der Waals surface area contributed by atoms with Gasteiger partial charge in [-0.05, 0) is 43.4 Å². The predicted octanol–water partition coefficient (Wildman–Crippen LogP) is 3.70. The fraction of sp³-hybridized carbons (Fsp3) is 0.533. The van der Waals surface area contributed by atoms with Crippen molar-refractivity contribution < 1.29 is 4.79 Å². The third kappa shape index (κ3) is 2.77. The van der Waals surface area contributed by atoms with Gasteiger partial charge in [-0.25, -0.2) is 0 Å². The number of carbonyl (C=O) groups excluding carboxylic acids is 1. The number of unbranched alkanes of at least 4 members (excludes halogenated alkanes) is 1. The van der Waals surface area contributed by atoms with Crippen molar-refractivity contribution >= 4 is 27.5 Å². The molecule has 1 aliphatic heterocycles. The lowest BCUT2D eigenvalue weighted by atomic mass is 10.0. The van der Waals surface area contributed by atoms with E-state index in [2.05, 4.69) is 41.1 Å². The summed E-state index contributed by atoms with van der Waals surface area (Å²) < 4.78 is 0. The van der Waals surface area contributed by atoms with Crippen LogP contribution in [0.1, 0.15) is 37.8 Å². The first-order chi connectivity index (χ1) is 8.63. The molecule has 2 rings (SSSR count). The first-order valence-electron chi connectivity index (χ1n) is 6.70. The second-order valence-electron chi connectivity index (χ2n) is 4.92. The fourth-order valence-corrected chi connectivity index (χ4v) is 2.68. The molecule has 18 heavy (non-hydrogen) atoms. The quantitative estimate of drug-likeness (QED) is 0.777. The second-order valence-corrected chi connectivity index (χ2v) is 6.30. The normalized spacial score (nSPS) is 15.6. The van der Waals surface area contributed by atoms with E-state index in [9.17, 15) is 4.79 Å². The van der Waals surface area contributed by atoms with Crippen molar-refractivity contribution in [2.45, 2.75) is 44.4 Å². The number of hydrogen-bond acceptors (Lipinski definition) is 1. The van der Waals surface area contributed by atoms with Crippen LogP contribution in [0.4, 0.5) is 5.69 Å². The molecular weight excluding hydrogens is 290 g/mol. The van der Waals surface area contributed by atoms with Gasteiger partial charge >= 0.3 is 0 Å². The molecule has 1 amide bonds. The Balaban J connectivity index is 2.17. The monoisotopic (exact) mass is 309 g/mol. The molecule has 1 unspecified atom stereocenters. The first-order valence-corrected chi connectivity index (χ1v) is 7.62. The maximum absolute atomic E-state index is 12.0. The van der Waals surface area contributed by atoms with Gasteiger partial charge in [0.25, 0.3) is 0 Å². The average Bonchev–Trinajstić information content (AvgIpc) is 2.78. The number of alkyl halides is 1. The number of benzene rings is 1. The zero-order chi connectivity index (χ0) is 13.1. The molecule has 98 valence electrons. The zero-order valence-corrected chi connectivity index (χ0v) is 12.7. The van der Waals surface area contributed by atoms with Crippen molar-refractivity contribution in [2.75, 3.05) is 11.4 Å². The molecule has 0 aromatic heterocycles. The van der Waals surface area contributed by atoms with E-state index >= 15 is 0 Å².